The number of aryl methyl sites for hydroxylation is 1. The van der Waals surface area contributed by atoms with Crippen molar-refractivity contribution in [2.75, 3.05) is 0 Å². The fourth-order valence-corrected chi connectivity index (χ4v) is 2.28. The number of nitrogens with zero attached hydrogens (tertiary/aromatic N) is 1. The Morgan fingerprint density at radius 2 is 1.70 bits per heavy atom. The van der Waals surface area contributed by atoms with Crippen molar-refractivity contribution in [3.8, 4) is 0 Å². The Hall–Kier alpha value is -1.04. The fourth-order valence-electron chi connectivity index (χ4n) is 2.28. The average Bonchev–Trinajstić information content (AvgIpc) is 2.74. The first kappa shape index (κ1) is 15.4. The van der Waals surface area contributed by atoms with Crippen molar-refractivity contribution in [3.05, 3.63) is 24.0 Å². The van der Waals surface area contributed by atoms with Crippen LogP contribution in [0.15, 0.2) is 18.2 Å². The van der Waals surface area contributed by atoms with Gasteiger partial charge in [-0.15, -0.1) is 12.4 Å². The highest BCUT2D eigenvalue weighted by atomic mass is 35.5. The SMILES string of the molecule is Cc1nc2ccc(B3OC(C)(C)C(C)(C)O3)cc2[nH]1.Cl. The van der Waals surface area contributed by atoms with Crippen LogP contribution in [0.5, 0.6) is 0 Å². The van der Waals surface area contributed by atoms with E-state index in [-0.39, 0.29) is 30.7 Å². The lowest BCUT2D eigenvalue weighted by Crippen LogP contribution is -2.41. The van der Waals surface area contributed by atoms with E-state index in [4.69, 9.17) is 9.31 Å². The zero-order chi connectivity index (χ0) is 13.8. The van der Waals surface area contributed by atoms with Gasteiger partial charge in [-0.05, 0) is 52.2 Å². The van der Waals surface area contributed by atoms with Gasteiger partial charge in [-0.25, -0.2) is 4.98 Å². The summed E-state index contributed by atoms with van der Waals surface area (Å²) >= 11 is 0. The summed E-state index contributed by atoms with van der Waals surface area (Å²) in [5, 5.41) is 0. The predicted octanol–water partition coefficient (Wildman–Crippen LogP) is 2.59. The molecule has 4 nitrogen and oxygen atoms in total. The van der Waals surface area contributed by atoms with Crippen LogP contribution in [0.4, 0.5) is 0 Å². The summed E-state index contributed by atoms with van der Waals surface area (Å²) in [6, 6.07) is 6.07. The second-order valence-corrected chi connectivity index (χ2v) is 6.19. The molecular formula is C14H20BClN2O2. The third-order valence-electron chi connectivity index (χ3n) is 4.15. The van der Waals surface area contributed by atoms with Gasteiger partial charge < -0.3 is 14.3 Å². The summed E-state index contributed by atoms with van der Waals surface area (Å²) in [4.78, 5) is 7.64. The topological polar surface area (TPSA) is 47.1 Å². The normalized spacial score (nSPS) is 20.1. The van der Waals surface area contributed by atoms with Gasteiger partial charge in [0.2, 0.25) is 0 Å². The van der Waals surface area contributed by atoms with Gasteiger partial charge in [0.25, 0.3) is 0 Å². The summed E-state index contributed by atoms with van der Waals surface area (Å²) in [6.45, 7) is 10.2. The van der Waals surface area contributed by atoms with Crippen molar-refractivity contribution in [2.45, 2.75) is 45.8 Å². The van der Waals surface area contributed by atoms with Gasteiger partial charge in [-0.3, -0.25) is 0 Å². The van der Waals surface area contributed by atoms with Gasteiger partial charge in [-0.2, -0.15) is 0 Å². The molecule has 2 heterocycles. The zero-order valence-electron chi connectivity index (χ0n) is 12.5. The minimum atomic E-state index is -0.321. The summed E-state index contributed by atoms with van der Waals surface area (Å²) < 4.78 is 12.1. The van der Waals surface area contributed by atoms with E-state index in [0.29, 0.717) is 0 Å². The predicted molar refractivity (Wildman–Crippen MR) is 83.8 cm³/mol. The summed E-state index contributed by atoms with van der Waals surface area (Å²) in [6.07, 6.45) is 0. The van der Waals surface area contributed by atoms with Crippen LogP contribution >= 0.6 is 12.4 Å². The first-order valence-corrected chi connectivity index (χ1v) is 6.60. The largest absolute Gasteiger partial charge is 0.494 e. The molecule has 1 aromatic heterocycles. The van der Waals surface area contributed by atoms with Crippen LogP contribution in [0.3, 0.4) is 0 Å². The number of H-pyrrole nitrogens is 1. The highest BCUT2D eigenvalue weighted by molar-refractivity contribution is 6.62. The van der Waals surface area contributed by atoms with E-state index in [2.05, 4.69) is 43.7 Å². The average molecular weight is 295 g/mol. The molecule has 6 heteroatoms. The number of nitrogens with one attached hydrogen (secondary N) is 1. The third kappa shape index (κ3) is 2.34. The Labute approximate surface area is 125 Å². The molecule has 3 rings (SSSR count). The number of aromatic amines is 1. The van der Waals surface area contributed by atoms with Crippen molar-refractivity contribution in [2.24, 2.45) is 0 Å². The second kappa shape index (κ2) is 4.76. The van der Waals surface area contributed by atoms with E-state index in [1.165, 1.54) is 0 Å². The van der Waals surface area contributed by atoms with Gasteiger partial charge in [-0.1, -0.05) is 6.07 Å². The maximum atomic E-state index is 6.05. The molecule has 0 aliphatic carbocycles. The first-order chi connectivity index (χ1) is 8.78. The summed E-state index contributed by atoms with van der Waals surface area (Å²) in [5.74, 6) is 0.918. The molecule has 1 saturated heterocycles. The van der Waals surface area contributed by atoms with E-state index in [1.807, 2.05) is 19.1 Å². The highest BCUT2D eigenvalue weighted by Crippen LogP contribution is 2.36. The number of fused-ring (bicyclic) bond motifs is 1. The molecule has 0 spiro atoms. The molecule has 0 bridgehead atoms. The van der Waals surface area contributed by atoms with E-state index in [1.54, 1.807) is 0 Å². The van der Waals surface area contributed by atoms with Gasteiger partial charge in [0.05, 0.1) is 22.2 Å². The van der Waals surface area contributed by atoms with Gasteiger partial charge in [0, 0.05) is 0 Å². The molecule has 0 radical (unpaired) electrons. The number of hydrogen-bond donors (Lipinski definition) is 1. The van der Waals surface area contributed by atoms with Crippen molar-refractivity contribution in [1.82, 2.24) is 9.97 Å². The van der Waals surface area contributed by atoms with Crippen LogP contribution in [-0.4, -0.2) is 28.3 Å². The molecular weight excluding hydrogens is 274 g/mol. The number of halogens is 1. The van der Waals surface area contributed by atoms with Crippen molar-refractivity contribution < 1.29 is 9.31 Å². The fraction of sp³-hybridized carbons (Fsp3) is 0.500. The minimum Gasteiger partial charge on any atom is -0.399 e. The lowest BCUT2D eigenvalue weighted by molar-refractivity contribution is 0.00578. The van der Waals surface area contributed by atoms with Crippen LogP contribution in [0.2, 0.25) is 0 Å². The van der Waals surface area contributed by atoms with Crippen LogP contribution < -0.4 is 5.46 Å². The second-order valence-electron chi connectivity index (χ2n) is 6.19. The van der Waals surface area contributed by atoms with Gasteiger partial charge in [0.15, 0.2) is 0 Å². The van der Waals surface area contributed by atoms with E-state index in [0.717, 1.165) is 22.3 Å². The standard InChI is InChI=1S/C14H19BN2O2.ClH/c1-9-16-11-7-6-10(8-12(11)17-9)15-18-13(2,3)14(4,5)19-15;/h6-8H,1-5H3,(H,16,17);1H. The molecule has 2 aromatic rings. The first-order valence-electron chi connectivity index (χ1n) is 6.60. The maximum absolute atomic E-state index is 6.05. The van der Waals surface area contributed by atoms with Gasteiger partial charge >= 0.3 is 7.12 Å². The summed E-state index contributed by atoms with van der Waals surface area (Å²) in [7, 11) is -0.321. The van der Waals surface area contributed by atoms with Crippen LogP contribution in [0.1, 0.15) is 33.5 Å². The molecule has 0 unspecified atom stereocenters. The van der Waals surface area contributed by atoms with Crippen LogP contribution in [0, 0.1) is 6.92 Å². The molecule has 1 aliphatic heterocycles. The number of hydrogen-bond acceptors (Lipinski definition) is 3. The molecule has 1 aromatic carbocycles. The molecule has 108 valence electrons. The molecule has 1 N–H and O–H groups in total. The highest BCUT2D eigenvalue weighted by Gasteiger charge is 2.51. The molecule has 20 heavy (non-hydrogen) atoms. The van der Waals surface area contributed by atoms with E-state index >= 15 is 0 Å². The van der Waals surface area contributed by atoms with Gasteiger partial charge in [0.1, 0.15) is 5.82 Å². The van der Waals surface area contributed by atoms with Crippen molar-refractivity contribution in [3.63, 3.8) is 0 Å². The Morgan fingerprint density at radius 1 is 1.10 bits per heavy atom. The number of benzene rings is 1. The quantitative estimate of drug-likeness (QED) is 0.822. The Balaban J connectivity index is 0.00000147. The molecule has 1 fully saturated rings. The monoisotopic (exact) mass is 294 g/mol. The third-order valence-corrected chi connectivity index (χ3v) is 4.15. The summed E-state index contributed by atoms with van der Waals surface area (Å²) in [5.41, 5.74) is 2.39. The Kier molecular flexibility index (Phi) is 3.65. The zero-order valence-corrected chi connectivity index (χ0v) is 13.3. The molecule has 1 aliphatic rings. The molecule has 0 amide bonds. The van der Waals surface area contributed by atoms with E-state index < -0.39 is 0 Å². The van der Waals surface area contributed by atoms with Crippen molar-refractivity contribution in [1.29, 1.82) is 0 Å². The Bertz CT molecular complexity index is 623. The number of imidazole rings is 1. The lowest BCUT2D eigenvalue weighted by Gasteiger charge is -2.32. The molecule has 0 atom stereocenters. The smallest absolute Gasteiger partial charge is 0.399 e. The van der Waals surface area contributed by atoms with Crippen molar-refractivity contribution >= 4 is 36.0 Å². The molecule has 0 saturated carbocycles. The van der Waals surface area contributed by atoms with Crippen LogP contribution in [-0.2, 0) is 9.31 Å². The number of aromatic nitrogens is 2. The Morgan fingerprint density at radius 3 is 2.30 bits per heavy atom. The van der Waals surface area contributed by atoms with E-state index in [9.17, 15) is 0 Å². The lowest BCUT2D eigenvalue weighted by atomic mass is 9.79. The van der Waals surface area contributed by atoms with Crippen LogP contribution in [0.25, 0.3) is 11.0 Å². The minimum absolute atomic E-state index is 0. The number of rotatable bonds is 1. The maximum Gasteiger partial charge on any atom is 0.494 e.